The summed E-state index contributed by atoms with van der Waals surface area (Å²) in [6, 6.07) is 2.81. The van der Waals surface area contributed by atoms with Crippen molar-refractivity contribution in [2.45, 2.75) is 37.8 Å². The van der Waals surface area contributed by atoms with Gasteiger partial charge in [0.05, 0.1) is 5.52 Å². The van der Waals surface area contributed by atoms with E-state index >= 15 is 0 Å². The lowest BCUT2D eigenvalue weighted by atomic mass is 10.0. The third-order valence-corrected chi connectivity index (χ3v) is 6.88. The van der Waals surface area contributed by atoms with Crippen LogP contribution in [-0.4, -0.2) is 45.1 Å². The zero-order valence-electron chi connectivity index (χ0n) is 14.8. The maximum absolute atomic E-state index is 14.5. The predicted molar refractivity (Wildman–Crippen MR) is 95.6 cm³/mol. The molecule has 7 nitrogen and oxygen atoms in total. The Labute approximate surface area is 150 Å². The van der Waals surface area contributed by atoms with Crippen LogP contribution in [0.25, 0.3) is 22.3 Å². The van der Waals surface area contributed by atoms with E-state index < -0.39 is 15.8 Å². The van der Waals surface area contributed by atoms with Crippen LogP contribution in [0.15, 0.2) is 23.5 Å². The molecular formula is C17H20FN5O2S. The van der Waals surface area contributed by atoms with Crippen LogP contribution in [-0.2, 0) is 17.1 Å². The molecule has 1 aromatic carbocycles. The molecule has 1 atom stereocenters. The number of hydrogen-bond acceptors (Lipinski definition) is 4. The smallest absolute Gasteiger partial charge is 0.258 e. The first-order valence-corrected chi connectivity index (χ1v) is 9.92. The van der Waals surface area contributed by atoms with Gasteiger partial charge in [0.15, 0.2) is 5.82 Å². The second-order valence-electron chi connectivity index (χ2n) is 6.82. The summed E-state index contributed by atoms with van der Waals surface area (Å²) in [6.07, 6.45) is 3.22. The number of nitrogens with one attached hydrogen (secondary N) is 1. The van der Waals surface area contributed by atoms with Crippen molar-refractivity contribution in [2.24, 2.45) is 7.05 Å². The molecule has 0 unspecified atom stereocenters. The third kappa shape index (κ3) is 2.53. The van der Waals surface area contributed by atoms with Crippen molar-refractivity contribution < 1.29 is 12.8 Å². The number of hydrogen-bond donors (Lipinski definition) is 1. The van der Waals surface area contributed by atoms with Gasteiger partial charge in [0.25, 0.3) is 10.0 Å². The Bertz CT molecular complexity index is 1100. The van der Waals surface area contributed by atoms with Gasteiger partial charge in [0.2, 0.25) is 0 Å². The van der Waals surface area contributed by atoms with E-state index in [0.717, 1.165) is 12.8 Å². The third-order valence-electron chi connectivity index (χ3n) is 4.94. The fourth-order valence-corrected chi connectivity index (χ4v) is 5.34. The Morgan fingerprint density at radius 2 is 2.12 bits per heavy atom. The van der Waals surface area contributed by atoms with Crippen molar-refractivity contribution in [1.29, 1.82) is 0 Å². The molecule has 0 bridgehead atoms. The van der Waals surface area contributed by atoms with Crippen molar-refractivity contribution in [1.82, 2.24) is 24.1 Å². The number of aromatic nitrogens is 4. The zero-order chi connectivity index (χ0) is 18.6. The fraction of sp³-hybridized carbons (Fsp3) is 0.412. The predicted octanol–water partition coefficient (Wildman–Crippen LogP) is 2.58. The van der Waals surface area contributed by atoms with Crippen molar-refractivity contribution in [3.63, 3.8) is 0 Å². The second kappa shape index (κ2) is 5.88. The normalized spacial score (nSPS) is 18.8. The van der Waals surface area contributed by atoms with E-state index in [0.29, 0.717) is 28.9 Å². The van der Waals surface area contributed by atoms with Crippen molar-refractivity contribution in [3.05, 3.63) is 29.8 Å². The van der Waals surface area contributed by atoms with Gasteiger partial charge in [-0.3, -0.25) is 4.68 Å². The van der Waals surface area contributed by atoms with Crippen LogP contribution in [0, 0.1) is 12.7 Å². The molecule has 1 aliphatic heterocycles. The van der Waals surface area contributed by atoms with Gasteiger partial charge in [-0.1, -0.05) is 0 Å². The number of rotatable bonds is 3. The van der Waals surface area contributed by atoms with Crippen molar-refractivity contribution in [2.75, 3.05) is 6.54 Å². The van der Waals surface area contributed by atoms with Crippen LogP contribution in [0.4, 0.5) is 4.39 Å². The molecule has 2 aromatic heterocycles. The number of sulfonamides is 1. The second-order valence-corrected chi connectivity index (χ2v) is 8.68. The fourth-order valence-electron chi connectivity index (χ4n) is 3.64. The van der Waals surface area contributed by atoms with Crippen LogP contribution in [0.1, 0.15) is 25.3 Å². The van der Waals surface area contributed by atoms with Crippen LogP contribution < -0.4 is 0 Å². The van der Waals surface area contributed by atoms with Crippen molar-refractivity contribution >= 4 is 20.9 Å². The van der Waals surface area contributed by atoms with Gasteiger partial charge in [-0.15, -0.1) is 0 Å². The van der Waals surface area contributed by atoms with E-state index in [1.807, 2.05) is 6.92 Å². The van der Waals surface area contributed by atoms with Gasteiger partial charge < -0.3 is 4.98 Å². The highest BCUT2D eigenvalue weighted by Crippen LogP contribution is 2.35. The minimum absolute atomic E-state index is 0.00271. The molecule has 4 rings (SSSR count). The molecule has 9 heteroatoms. The Hall–Kier alpha value is -2.26. The summed E-state index contributed by atoms with van der Waals surface area (Å²) in [5, 5.41) is 4.77. The van der Waals surface area contributed by atoms with E-state index in [9.17, 15) is 12.8 Å². The Kier molecular flexibility index (Phi) is 3.89. The molecule has 0 spiro atoms. The van der Waals surface area contributed by atoms with E-state index in [4.69, 9.17) is 0 Å². The average molecular weight is 377 g/mol. The summed E-state index contributed by atoms with van der Waals surface area (Å²) in [4.78, 5) is 7.02. The number of halogens is 1. The summed E-state index contributed by atoms with van der Waals surface area (Å²) in [5.74, 6) is -0.0550. The zero-order valence-corrected chi connectivity index (χ0v) is 15.6. The maximum atomic E-state index is 14.5. The first-order valence-electron chi connectivity index (χ1n) is 8.48. The lowest BCUT2D eigenvalue weighted by Crippen LogP contribution is -2.33. The van der Waals surface area contributed by atoms with Gasteiger partial charge in [-0.2, -0.15) is 9.40 Å². The number of benzene rings is 1. The van der Waals surface area contributed by atoms with Gasteiger partial charge in [-0.05, 0) is 44.4 Å². The highest BCUT2D eigenvalue weighted by molar-refractivity contribution is 7.89. The molecule has 0 amide bonds. The molecule has 1 N–H and O–H groups in total. The lowest BCUT2D eigenvalue weighted by Gasteiger charge is -2.19. The first-order chi connectivity index (χ1) is 12.3. The van der Waals surface area contributed by atoms with Gasteiger partial charge >= 0.3 is 0 Å². The SMILES string of the molecule is Cc1cc(F)c2[nH]c(S(=O)(=O)N3CCC[C@H]3C)cc2c1-c1ncn(C)n1. The van der Waals surface area contributed by atoms with E-state index in [-0.39, 0.29) is 16.6 Å². The lowest BCUT2D eigenvalue weighted by molar-refractivity contribution is 0.407. The highest BCUT2D eigenvalue weighted by Gasteiger charge is 2.34. The molecular weight excluding hydrogens is 357 g/mol. The number of nitrogens with zero attached hydrogens (tertiary/aromatic N) is 4. The topological polar surface area (TPSA) is 83.9 Å². The standard InChI is InChI=1S/C17H20FN5O2S/c1-10-7-13(18)16-12(15(10)17-19-9-22(3)21-17)8-14(20-16)26(24,25)23-6-4-5-11(23)2/h7-9,11,20H,4-6H2,1-3H3/t11-/m1/s1. The number of aromatic amines is 1. The van der Waals surface area contributed by atoms with E-state index in [1.54, 1.807) is 25.0 Å². The first kappa shape index (κ1) is 17.2. The molecule has 3 aromatic rings. The van der Waals surface area contributed by atoms with Gasteiger partial charge in [0, 0.05) is 30.6 Å². The van der Waals surface area contributed by atoms with Crippen LogP contribution in [0.3, 0.4) is 0 Å². The Morgan fingerprint density at radius 3 is 2.73 bits per heavy atom. The maximum Gasteiger partial charge on any atom is 0.258 e. The number of fused-ring (bicyclic) bond motifs is 1. The largest absolute Gasteiger partial charge is 0.342 e. The molecule has 0 saturated carbocycles. The quantitative estimate of drug-likeness (QED) is 0.760. The van der Waals surface area contributed by atoms with E-state index in [1.165, 1.54) is 16.4 Å². The Balaban J connectivity index is 1.94. The summed E-state index contributed by atoms with van der Waals surface area (Å²) in [6.45, 7) is 4.13. The van der Waals surface area contributed by atoms with Crippen LogP contribution in [0.2, 0.25) is 0 Å². The molecule has 26 heavy (non-hydrogen) atoms. The van der Waals surface area contributed by atoms with Crippen LogP contribution in [0.5, 0.6) is 0 Å². The highest BCUT2D eigenvalue weighted by atomic mass is 32.2. The molecule has 138 valence electrons. The molecule has 0 radical (unpaired) electrons. The molecule has 1 aliphatic rings. The minimum atomic E-state index is -3.71. The van der Waals surface area contributed by atoms with Gasteiger partial charge in [-0.25, -0.2) is 17.8 Å². The monoisotopic (exact) mass is 377 g/mol. The average Bonchev–Trinajstić information content (AvgIpc) is 3.27. The molecule has 1 fully saturated rings. The number of aryl methyl sites for hydroxylation is 2. The number of H-pyrrole nitrogens is 1. The molecule has 3 heterocycles. The summed E-state index contributed by atoms with van der Waals surface area (Å²) < 4.78 is 43.5. The summed E-state index contributed by atoms with van der Waals surface area (Å²) >= 11 is 0. The van der Waals surface area contributed by atoms with Crippen molar-refractivity contribution in [3.8, 4) is 11.4 Å². The van der Waals surface area contributed by atoms with Gasteiger partial charge in [0.1, 0.15) is 17.2 Å². The summed E-state index contributed by atoms with van der Waals surface area (Å²) in [7, 11) is -1.96. The van der Waals surface area contributed by atoms with E-state index in [2.05, 4.69) is 15.1 Å². The Morgan fingerprint density at radius 1 is 1.35 bits per heavy atom. The molecule has 0 aliphatic carbocycles. The molecule has 1 saturated heterocycles. The van der Waals surface area contributed by atoms with Crippen LogP contribution >= 0.6 is 0 Å². The summed E-state index contributed by atoms with van der Waals surface area (Å²) in [5.41, 5.74) is 1.44. The minimum Gasteiger partial charge on any atom is -0.342 e.